The van der Waals surface area contributed by atoms with Gasteiger partial charge in [-0.15, -0.1) is 11.3 Å². The SMILES string of the molecule is CCNC(C)(CCOC)c1nc2c(s1)CCCC2. The molecule has 3 nitrogen and oxygen atoms in total. The van der Waals surface area contributed by atoms with E-state index in [2.05, 4.69) is 19.2 Å². The van der Waals surface area contributed by atoms with E-state index in [-0.39, 0.29) is 5.54 Å². The second kappa shape index (κ2) is 6.13. The number of nitrogens with one attached hydrogen (secondary N) is 1. The van der Waals surface area contributed by atoms with Crippen molar-refractivity contribution in [2.24, 2.45) is 0 Å². The predicted octanol–water partition coefficient (Wildman–Crippen LogP) is 2.88. The summed E-state index contributed by atoms with van der Waals surface area (Å²) < 4.78 is 5.24. The number of aryl methyl sites for hydroxylation is 2. The van der Waals surface area contributed by atoms with E-state index in [1.54, 1.807) is 7.11 Å². The minimum Gasteiger partial charge on any atom is -0.385 e. The monoisotopic (exact) mass is 268 g/mol. The third kappa shape index (κ3) is 2.92. The van der Waals surface area contributed by atoms with Crippen LogP contribution in [-0.2, 0) is 23.1 Å². The van der Waals surface area contributed by atoms with Crippen LogP contribution in [-0.4, -0.2) is 25.2 Å². The molecule has 1 aliphatic rings. The van der Waals surface area contributed by atoms with Gasteiger partial charge < -0.3 is 10.1 Å². The summed E-state index contributed by atoms with van der Waals surface area (Å²) in [7, 11) is 1.76. The number of rotatable bonds is 6. The lowest BCUT2D eigenvalue weighted by molar-refractivity contribution is 0.160. The molecule has 0 bridgehead atoms. The number of nitrogens with zero attached hydrogens (tertiary/aromatic N) is 1. The van der Waals surface area contributed by atoms with Gasteiger partial charge >= 0.3 is 0 Å². The van der Waals surface area contributed by atoms with Crippen LogP contribution in [0.2, 0.25) is 0 Å². The number of fused-ring (bicyclic) bond motifs is 1. The summed E-state index contributed by atoms with van der Waals surface area (Å²) in [5.41, 5.74) is 1.31. The minimum atomic E-state index is -0.0350. The molecular weight excluding hydrogens is 244 g/mol. The summed E-state index contributed by atoms with van der Waals surface area (Å²) in [5.74, 6) is 0. The zero-order valence-corrected chi connectivity index (χ0v) is 12.5. The molecule has 0 aliphatic heterocycles. The van der Waals surface area contributed by atoms with E-state index in [0.717, 1.165) is 26.0 Å². The van der Waals surface area contributed by atoms with Crippen LogP contribution in [0.15, 0.2) is 0 Å². The predicted molar refractivity (Wildman–Crippen MR) is 76.3 cm³/mol. The summed E-state index contributed by atoms with van der Waals surface area (Å²) in [6, 6.07) is 0. The van der Waals surface area contributed by atoms with E-state index in [0.29, 0.717) is 0 Å². The van der Waals surface area contributed by atoms with Gasteiger partial charge in [-0.05, 0) is 45.6 Å². The highest BCUT2D eigenvalue weighted by Crippen LogP contribution is 2.34. The lowest BCUT2D eigenvalue weighted by Crippen LogP contribution is -2.40. The highest BCUT2D eigenvalue weighted by atomic mass is 32.1. The van der Waals surface area contributed by atoms with Gasteiger partial charge in [0.25, 0.3) is 0 Å². The molecule has 2 rings (SSSR count). The number of methoxy groups -OCH3 is 1. The van der Waals surface area contributed by atoms with Crippen molar-refractivity contribution in [1.82, 2.24) is 10.3 Å². The first-order valence-corrected chi connectivity index (χ1v) is 7.74. The summed E-state index contributed by atoms with van der Waals surface area (Å²) in [5, 5.41) is 4.83. The largest absolute Gasteiger partial charge is 0.385 e. The topological polar surface area (TPSA) is 34.1 Å². The molecule has 1 aliphatic carbocycles. The van der Waals surface area contributed by atoms with Crippen molar-refractivity contribution in [3.63, 3.8) is 0 Å². The Morgan fingerprint density at radius 2 is 2.17 bits per heavy atom. The number of aromatic nitrogens is 1. The summed E-state index contributed by atoms with van der Waals surface area (Å²) in [4.78, 5) is 6.41. The third-order valence-corrected chi connectivity index (χ3v) is 5.11. The Hall–Kier alpha value is -0.450. The van der Waals surface area contributed by atoms with E-state index < -0.39 is 0 Å². The van der Waals surface area contributed by atoms with Crippen molar-refractivity contribution in [2.45, 2.75) is 51.5 Å². The lowest BCUT2D eigenvalue weighted by atomic mass is 9.98. The molecule has 1 N–H and O–H groups in total. The standard InChI is InChI=1S/C14H24N2OS/c1-4-15-14(2,9-10-17-3)13-16-11-7-5-6-8-12(11)18-13/h15H,4-10H2,1-3H3. The quantitative estimate of drug-likeness (QED) is 0.861. The van der Waals surface area contributed by atoms with Crippen LogP contribution in [0.5, 0.6) is 0 Å². The first kappa shape index (κ1) is 14.0. The normalized spacial score (nSPS) is 18.4. The number of ether oxygens (including phenoxy) is 1. The zero-order valence-electron chi connectivity index (χ0n) is 11.7. The molecule has 1 unspecified atom stereocenters. The highest BCUT2D eigenvalue weighted by Gasteiger charge is 2.30. The van der Waals surface area contributed by atoms with Gasteiger partial charge in [-0.25, -0.2) is 4.98 Å². The van der Waals surface area contributed by atoms with Gasteiger partial charge in [-0.2, -0.15) is 0 Å². The first-order valence-electron chi connectivity index (χ1n) is 6.92. The van der Waals surface area contributed by atoms with E-state index in [4.69, 9.17) is 9.72 Å². The average Bonchev–Trinajstić information content (AvgIpc) is 2.81. The van der Waals surface area contributed by atoms with Crippen LogP contribution in [0.4, 0.5) is 0 Å². The molecular formula is C14H24N2OS. The lowest BCUT2D eigenvalue weighted by Gasteiger charge is -2.28. The molecule has 0 saturated heterocycles. The Kier molecular flexibility index (Phi) is 4.76. The van der Waals surface area contributed by atoms with E-state index in [1.807, 2.05) is 11.3 Å². The Bertz CT molecular complexity index is 368. The third-order valence-electron chi connectivity index (χ3n) is 3.69. The Morgan fingerprint density at radius 1 is 1.39 bits per heavy atom. The van der Waals surface area contributed by atoms with Crippen LogP contribution >= 0.6 is 11.3 Å². The molecule has 1 aromatic rings. The van der Waals surface area contributed by atoms with Crippen molar-refractivity contribution in [3.05, 3.63) is 15.6 Å². The maximum absolute atomic E-state index is 5.24. The fourth-order valence-electron chi connectivity index (χ4n) is 2.56. The van der Waals surface area contributed by atoms with E-state index in [1.165, 1.54) is 34.8 Å². The maximum Gasteiger partial charge on any atom is 0.113 e. The van der Waals surface area contributed by atoms with Crippen LogP contribution in [0.1, 0.15) is 48.7 Å². The van der Waals surface area contributed by atoms with Gasteiger partial charge in [0, 0.05) is 18.6 Å². The molecule has 1 atom stereocenters. The molecule has 1 heterocycles. The Balaban J connectivity index is 2.21. The minimum absolute atomic E-state index is 0.0350. The number of hydrogen-bond acceptors (Lipinski definition) is 4. The van der Waals surface area contributed by atoms with Gasteiger partial charge in [0.1, 0.15) is 5.01 Å². The van der Waals surface area contributed by atoms with E-state index >= 15 is 0 Å². The zero-order chi connectivity index (χ0) is 13.0. The average molecular weight is 268 g/mol. The van der Waals surface area contributed by atoms with E-state index in [9.17, 15) is 0 Å². The fourth-order valence-corrected chi connectivity index (χ4v) is 3.86. The molecule has 102 valence electrons. The number of hydrogen-bond donors (Lipinski definition) is 1. The van der Waals surface area contributed by atoms with Crippen molar-refractivity contribution in [2.75, 3.05) is 20.3 Å². The summed E-state index contributed by atoms with van der Waals surface area (Å²) in [6.45, 7) is 6.14. The van der Waals surface area contributed by atoms with Crippen LogP contribution < -0.4 is 5.32 Å². The Labute approximate surface area is 114 Å². The number of thiazole rings is 1. The molecule has 0 amide bonds. The summed E-state index contributed by atoms with van der Waals surface area (Å²) >= 11 is 1.90. The van der Waals surface area contributed by atoms with Crippen molar-refractivity contribution >= 4 is 11.3 Å². The molecule has 0 radical (unpaired) electrons. The van der Waals surface area contributed by atoms with Gasteiger partial charge in [0.15, 0.2) is 0 Å². The van der Waals surface area contributed by atoms with Crippen molar-refractivity contribution < 1.29 is 4.74 Å². The van der Waals surface area contributed by atoms with Crippen molar-refractivity contribution in [3.8, 4) is 0 Å². The molecule has 0 aromatic carbocycles. The molecule has 18 heavy (non-hydrogen) atoms. The van der Waals surface area contributed by atoms with Crippen LogP contribution in [0.3, 0.4) is 0 Å². The Morgan fingerprint density at radius 3 is 2.83 bits per heavy atom. The molecule has 0 saturated carbocycles. The molecule has 1 aromatic heterocycles. The molecule has 0 fully saturated rings. The van der Waals surface area contributed by atoms with Crippen LogP contribution in [0, 0.1) is 0 Å². The fraction of sp³-hybridized carbons (Fsp3) is 0.786. The van der Waals surface area contributed by atoms with Gasteiger partial charge in [-0.1, -0.05) is 6.92 Å². The summed E-state index contributed by atoms with van der Waals surface area (Å²) in [6.07, 6.45) is 5.98. The second-order valence-corrected chi connectivity index (χ2v) is 6.28. The molecule has 4 heteroatoms. The first-order chi connectivity index (χ1) is 8.69. The van der Waals surface area contributed by atoms with Crippen LogP contribution in [0.25, 0.3) is 0 Å². The maximum atomic E-state index is 5.24. The second-order valence-electron chi connectivity index (χ2n) is 5.20. The van der Waals surface area contributed by atoms with Gasteiger partial charge in [0.2, 0.25) is 0 Å². The van der Waals surface area contributed by atoms with Gasteiger partial charge in [-0.3, -0.25) is 0 Å². The highest BCUT2D eigenvalue weighted by molar-refractivity contribution is 7.11. The van der Waals surface area contributed by atoms with Crippen molar-refractivity contribution in [1.29, 1.82) is 0 Å². The van der Waals surface area contributed by atoms with Gasteiger partial charge in [0.05, 0.1) is 11.2 Å². The smallest absolute Gasteiger partial charge is 0.113 e. The molecule has 0 spiro atoms.